The van der Waals surface area contributed by atoms with Gasteiger partial charge in [-0.2, -0.15) is 0 Å². The molecule has 0 saturated heterocycles. The lowest BCUT2D eigenvalue weighted by Crippen LogP contribution is -2.11. The summed E-state index contributed by atoms with van der Waals surface area (Å²) in [7, 11) is 0. The van der Waals surface area contributed by atoms with Gasteiger partial charge in [-0.15, -0.1) is 0 Å². The van der Waals surface area contributed by atoms with Crippen LogP contribution >= 0.6 is 27.3 Å². The van der Waals surface area contributed by atoms with Gasteiger partial charge in [0.05, 0.1) is 19.4 Å². The molecule has 0 radical (unpaired) electrons. The SMILES string of the molecule is CC(=O)C[C@@H](C)COc1cnc(-c2ccc(Oc3cccc(OCC4CC4)c3)cc2Br)s1. The zero-order valence-corrected chi connectivity index (χ0v) is 20.6. The summed E-state index contributed by atoms with van der Waals surface area (Å²) in [6.07, 6.45) is 4.78. The third-order valence-corrected chi connectivity index (χ3v) is 6.62. The summed E-state index contributed by atoms with van der Waals surface area (Å²) in [6.45, 7) is 4.89. The summed E-state index contributed by atoms with van der Waals surface area (Å²) in [5.74, 6) is 3.36. The highest BCUT2D eigenvalue weighted by atomic mass is 79.9. The zero-order chi connectivity index (χ0) is 22.5. The second kappa shape index (κ2) is 10.5. The number of hydrogen-bond donors (Lipinski definition) is 0. The number of carbonyl (C=O) groups is 1. The van der Waals surface area contributed by atoms with Gasteiger partial charge in [-0.05, 0) is 77.9 Å². The largest absolute Gasteiger partial charge is 0.493 e. The van der Waals surface area contributed by atoms with E-state index in [2.05, 4.69) is 20.9 Å². The fourth-order valence-corrected chi connectivity index (χ4v) is 4.71. The number of hydrogen-bond acceptors (Lipinski definition) is 6. The van der Waals surface area contributed by atoms with Crippen LogP contribution in [0.1, 0.15) is 33.1 Å². The van der Waals surface area contributed by atoms with Crippen LogP contribution in [0.4, 0.5) is 0 Å². The number of aromatic nitrogens is 1. The first-order valence-corrected chi connectivity index (χ1v) is 12.4. The molecule has 3 aromatic rings. The first-order chi connectivity index (χ1) is 15.5. The molecule has 1 aliphatic rings. The number of Topliss-reactive ketones (excluding diaryl/α,β-unsaturated/α-hetero) is 1. The number of rotatable bonds is 11. The number of nitrogens with zero attached hydrogens (tertiary/aromatic N) is 1. The van der Waals surface area contributed by atoms with Crippen LogP contribution in [0.5, 0.6) is 22.3 Å². The van der Waals surface area contributed by atoms with E-state index >= 15 is 0 Å². The van der Waals surface area contributed by atoms with Crippen LogP contribution in [-0.4, -0.2) is 24.0 Å². The summed E-state index contributed by atoms with van der Waals surface area (Å²) in [4.78, 5) is 15.7. The van der Waals surface area contributed by atoms with Gasteiger partial charge < -0.3 is 19.0 Å². The fraction of sp³-hybridized carbons (Fsp3) is 0.360. The maximum absolute atomic E-state index is 11.2. The number of ketones is 1. The van der Waals surface area contributed by atoms with Crippen molar-refractivity contribution in [2.45, 2.75) is 33.1 Å². The Morgan fingerprint density at radius 1 is 1.16 bits per heavy atom. The summed E-state index contributed by atoms with van der Waals surface area (Å²) >= 11 is 5.12. The summed E-state index contributed by atoms with van der Waals surface area (Å²) in [5, 5.41) is 1.60. The molecule has 1 aliphatic carbocycles. The van der Waals surface area contributed by atoms with Gasteiger partial charge >= 0.3 is 0 Å². The molecule has 4 rings (SSSR count). The Labute approximate surface area is 200 Å². The van der Waals surface area contributed by atoms with Crippen LogP contribution in [0, 0.1) is 11.8 Å². The van der Waals surface area contributed by atoms with Crippen LogP contribution in [-0.2, 0) is 4.79 Å². The molecule has 0 unspecified atom stereocenters. The summed E-state index contributed by atoms with van der Waals surface area (Å²) in [6, 6.07) is 13.6. The molecule has 1 aromatic heterocycles. The van der Waals surface area contributed by atoms with Gasteiger partial charge in [-0.1, -0.05) is 24.3 Å². The monoisotopic (exact) mass is 515 g/mol. The molecule has 0 spiro atoms. The minimum absolute atomic E-state index is 0.176. The van der Waals surface area contributed by atoms with E-state index in [-0.39, 0.29) is 11.7 Å². The average molecular weight is 516 g/mol. The lowest BCUT2D eigenvalue weighted by Gasteiger charge is -2.10. The first-order valence-electron chi connectivity index (χ1n) is 10.7. The van der Waals surface area contributed by atoms with Gasteiger partial charge in [0.2, 0.25) is 0 Å². The van der Waals surface area contributed by atoms with Crippen molar-refractivity contribution in [1.29, 1.82) is 0 Å². The molecule has 2 aromatic carbocycles. The van der Waals surface area contributed by atoms with Crippen molar-refractivity contribution < 1.29 is 19.0 Å². The molecule has 0 amide bonds. The van der Waals surface area contributed by atoms with E-state index in [1.807, 2.05) is 49.4 Å². The topological polar surface area (TPSA) is 57.7 Å². The van der Waals surface area contributed by atoms with E-state index in [9.17, 15) is 4.79 Å². The first kappa shape index (κ1) is 22.8. The molecule has 1 heterocycles. The van der Waals surface area contributed by atoms with Crippen molar-refractivity contribution in [1.82, 2.24) is 4.98 Å². The zero-order valence-electron chi connectivity index (χ0n) is 18.2. The normalized spacial score (nSPS) is 14.1. The van der Waals surface area contributed by atoms with Crippen molar-refractivity contribution in [2.24, 2.45) is 11.8 Å². The molecule has 168 valence electrons. The number of carbonyl (C=O) groups excluding carboxylic acids is 1. The Bertz CT molecular complexity index is 1080. The lowest BCUT2D eigenvalue weighted by molar-refractivity contribution is -0.118. The highest BCUT2D eigenvalue weighted by Gasteiger charge is 2.22. The van der Waals surface area contributed by atoms with Crippen molar-refractivity contribution in [3.8, 4) is 32.9 Å². The van der Waals surface area contributed by atoms with E-state index in [1.54, 1.807) is 13.1 Å². The van der Waals surface area contributed by atoms with E-state index < -0.39 is 0 Å². The van der Waals surface area contributed by atoms with Crippen LogP contribution < -0.4 is 14.2 Å². The van der Waals surface area contributed by atoms with Crippen molar-refractivity contribution >= 4 is 33.0 Å². The Balaban J connectivity index is 1.37. The third-order valence-electron chi connectivity index (χ3n) is 5.03. The van der Waals surface area contributed by atoms with Gasteiger partial charge in [-0.3, -0.25) is 0 Å². The molecule has 1 saturated carbocycles. The average Bonchev–Trinajstić information content (AvgIpc) is 3.47. The highest BCUT2D eigenvalue weighted by Crippen LogP contribution is 2.38. The van der Waals surface area contributed by atoms with E-state index in [0.717, 1.165) is 44.0 Å². The molecule has 0 N–H and O–H groups in total. The highest BCUT2D eigenvalue weighted by molar-refractivity contribution is 9.10. The Kier molecular flexibility index (Phi) is 7.48. The Morgan fingerprint density at radius 2 is 1.94 bits per heavy atom. The van der Waals surface area contributed by atoms with Gasteiger partial charge in [0.15, 0.2) is 5.06 Å². The molecular formula is C25H26BrNO4S. The maximum atomic E-state index is 11.2. The second-order valence-electron chi connectivity index (χ2n) is 8.28. The van der Waals surface area contributed by atoms with Crippen molar-refractivity contribution in [2.75, 3.05) is 13.2 Å². The minimum atomic E-state index is 0.176. The van der Waals surface area contributed by atoms with Crippen molar-refractivity contribution in [3.63, 3.8) is 0 Å². The van der Waals surface area contributed by atoms with E-state index in [4.69, 9.17) is 14.2 Å². The molecule has 1 fully saturated rings. The molecule has 0 aliphatic heterocycles. The number of benzene rings is 2. The molecular weight excluding hydrogens is 490 g/mol. The predicted molar refractivity (Wildman–Crippen MR) is 130 cm³/mol. The van der Waals surface area contributed by atoms with Gasteiger partial charge in [-0.25, -0.2) is 4.98 Å². The Morgan fingerprint density at radius 3 is 2.69 bits per heavy atom. The van der Waals surface area contributed by atoms with Crippen LogP contribution in [0.3, 0.4) is 0 Å². The van der Waals surface area contributed by atoms with Crippen LogP contribution in [0.15, 0.2) is 53.1 Å². The molecule has 7 heteroatoms. The van der Waals surface area contributed by atoms with E-state index in [1.165, 1.54) is 24.2 Å². The third kappa shape index (κ3) is 6.56. The van der Waals surface area contributed by atoms with Gasteiger partial charge in [0, 0.05) is 22.5 Å². The predicted octanol–water partition coefficient (Wildman–Crippen LogP) is 7.15. The minimum Gasteiger partial charge on any atom is -0.493 e. The lowest BCUT2D eigenvalue weighted by atomic mass is 10.1. The molecule has 0 bridgehead atoms. The second-order valence-corrected chi connectivity index (χ2v) is 10.1. The number of halogens is 1. The Hall–Kier alpha value is -2.38. The van der Waals surface area contributed by atoms with Crippen molar-refractivity contribution in [3.05, 3.63) is 53.1 Å². The summed E-state index contributed by atoms with van der Waals surface area (Å²) < 4.78 is 18.6. The molecule has 1 atom stereocenters. The van der Waals surface area contributed by atoms with Crippen LogP contribution in [0.2, 0.25) is 0 Å². The smallest absolute Gasteiger partial charge is 0.194 e. The quantitative estimate of drug-likeness (QED) is 0.271. The van der Waals surface area contributed by atoms with Gasteiger partial charge in [0.25, 0.3) is 0 Å². The standard InChI is InChI=1S/C25H26BrNO4S/c1-16(10-17(2)28)14-30-24-13-27-25(32-24)22-9-8-21(12-23(22)26)31-20-5-3-4-19(11-20)29-15-18-6-7-18/h3-5,8-9,11-13,16,18H,6-7,10,14-15H2,1-2H3/t16-/m1/s1. The fourth-order valence-electron chi connectivity index (χ4n) is 3.22. The number of thiazole rings is 1. The van der Waals surface area contributed by atoms with Gasteiger partial charge in [0.1, 0.15) is 28.0 Å². The molecule has 5 nitrogen and oxygen atoms in total. The summed E-state index contributed by atoms with van der Waals surface area (Å²) in [5.41, 5.74) is 0.968. The molecule has 32 heavy (non-hydrogen) atoms. The number of ether oxygens (including phenoxy) is 3. The maximum Gasteiger partial charge on any atom is 0.194 e. The van der Waals surface area contributed by atoms with Crippen LogP contribution in [0.25, 0.3) is 10.6 Å². The van der Waals surface area contributed by atoms with E-state index in [0.29, 0.717) is 18.9 Å².